The van der Waals surface area contributed by atoms with Crippen LogP contribution in [0.1, 0.15) is 29.0 Å². The molecule has 0 saturated carbocycles. The number of pyridine rings is 1. The monoisotopic (exact) mass is 345 g/mol. The van der Waals surface area contributed by atoms with E-state index in [0.717, 1.165) is 5.39 Å². The quantitative estimate of drug-likeness (QED) is 0.673. The second-order valence-electron chi connectivity index (χ2n) is 5.55. The summed E-state index contributed by atoms with van der Waals surface area (Å²) in [7, 11) is 1.63. The number of fused-ring (bicyclic) bond motifs is 1. The van der Waals surface area contributed by atoms with E-state index in [1.807, 2.05) is 6.92 Å². The average Bonchev–Trinajstić information content (AvgIpc) is 2.87. The zero-order valence-corrected chi connectivity index (χ0v) is 13.9. The summed E-state index contributed by atoms with van der Waals surface area (Å²) in [5.74, 6) is -0.103. The van der Waals surface area contributed by atoms with Crippen LogP contribution in [-0.4, -0.2) is 20.7 Å². The Labute approximate surface area is 142 Å². The Morgan fingerprint density at radius 3 is 2.79 bits per heavy atom. The van der Waals surface area contributed by atoms with Crippen molar-refractivity contribution in [2.75, 3.05) is 5.32 Å². The van der Waals surface area contributed by atoms with E-state index in [0.29, 0.717) is 21.9 Å². The third kappa shape index (κ3) is 2.98. The highest BCUT2D eigenvalue weighted by Gasteiger charge is 2.15. The van der Waals surface area contributed by atoms with Gasteiger partial charge in [0.15, 0.2) is 0 Å². The standard InChI is InChI=1S/C16H16ClN5O2/c1-8(19-14-7-13(15(18)23)22(2)21-14)11-6-9-5-10(17)3-4-12(9)20-16(11)24/h3-8H,1-2H3,(H2,18,23)(H,19,21)(H,20,24)/t8-/m1/s1. The Morgan fingerprint density at radius 1 is 1.38 bits per heavy atom. The highest BCUT2D eigenvalue weighted by molar-refractivity contribution is 6.31. The van der Waals surface area contributed by atoms with Crippen LogP contribution in [0.15, 0.2) is 35.1 Å². The van der Waals surface area contributed by atoms with Crippen LogP contribution < -0.4 is 16.6 Å². The number of benzene rings is 1. The number of hydrogen-bond acceptors (Lipinski definition) is 4. The van der Waals surface area contributed by atoms with Crippen molar-refractivity contribution in [3.05, 3.63) is 57.0 Å². The molecule has 2 aromatic heterocycles. The number of nitrogens with zero attached hydrogens (tertiary/aromatic N) is 2. The largest absolute Gasteiger partial charge is 0.364 e. The molecule has 2 heterocycles. The van der Waals surface area contributed by atoms with Crippen molar-refractivity contribution in [2.45, 2.75) is 13.0 Å². The van der Waals surface area contributed by atoms with Crippen LogP contribution in [0.5, 0.6) is 0 Å². The number of nitrogens with one attached hydrogen (secondary N) is 2. The van der Waals surface area contributed by atoms with E-state index in [1.54, 1.807) is 37.4 Å². The van der Waals surface area contributed by atoms with Gasteiger partial charge in [-0.25, -0.2) is 0 Å². The van der Waals surface area contributed by atoms with Crippen LogP contribution in [-0.2, 0) is 7.05 Å². The van der Waals surface area contributed by atoms with Gasteiger partial charge in [0.05, 0.1) is 6.04 Å². The topological polar surface area (TPSA) is 106 Å². The number of aromatic nitrogens is 3. The number of primary amides is 1. The summed E-state index contributed by atoms with van der Waals surface area (Å²) in [6, 6.07) is 8.28. The minimum absolute atomic E-state index is 0.198. The normalized spacial score (nSPS) is 12.3. The van der Waals surface area contributed by atoms with Gasteiger partial charge in [0.25, 0.3) is 11.5 Å². The summed E-state index contributed by atoms with van der Waals surface area (Å²) in [4.78, 5) is 26.4. The average molecular weight is 346 g/mol. The number of nitrogens with two attached hydrogens (primary N) is 1. The molecule has 8 heteroatoms. The smallest absolute Gasteiger partial charge is 0.267 e. The highest BCUT2D eigenvalue weighted by Crippen LogP contribution is 2.21. The number of hydrogen-bond donors (Lipinski definition) is 3. The molecule has 0 radical (unpaired) electrons. The number of halogens is 1. The lowest BCUT2D eigenvalue weighted by atomic mass is 10.1. The lowest BCUT2D eigenvalue weighted by Gasteiger charge is -2.13. The molecule has 1 amide bonds. The molecule has 7 nitrogen and oxygen atoms in total. The molecular formula is C16H16ClN5O2. The molecule has 0 spiro atoms. The van der Waals surface area contributed by atoms with E-state index in [9.17, 15) is 9.59 Å². The molecule has 0 saturated heterocycles. The Bertz CT molecular complexity index is 992. The molecule has 124 valence electrons. The number of aromatic amines is 1. The number of H-pyrrole nitrogens is 1. The van der Waals surface area contributed by atoms with Crippen molar-refractivity contribution in [1.82, 2.24) is 14.8 Å². The molecule has 0 aliphatic heterocycles. The minimum atomic E-state index is -0.566. The third-order valence-corrected chi connectivity index (χ3v) is 4.03. The van der Waals surface area contributed by atoms with E-state index in [2.05, 4.69) is 15.4 Å². The molecule has 1 aromatic carbocycles. The van der Waals surface area contributed by atoms with Gasteiger partial charge in [0.2, 0.25) is 0 Å². The van der Waals surface area contributed by atoms with Gasteiger partial charge in [0.1, 0.15) is 11.5 Å². The number of aryl methyl sites for hydroxylation is 1. The zero-order valence-electron chi connectivity index (χ0n) is 13.1. The van der Waals surface area contributed by atoms with Crippen molar-refractivity contribution in [2.24, 2.45) is 12.8 Å². The van der Waals surface area contributed by atoms with Gasteiger partial charge in [0, 0.05) is 34.6 Å². The number of rotatable bonds is 4. The molecule has 1 atom stereocenters. The van der Waals surface area contributed by atoms with E-state index in [1.165, 1.54) is 4.68 Å². The Morgan fingerprint density at radius 2 is 2.12 bits per heavy atom. The van der Waals surface area contributed by atoms with Gasteiger partial charge in [-0.1, -0.05) is 11.6 Å². The van der Waals surface area contributed by atoms with E-state index < -0.39 is 5.91 Å². The van der Waals surface area contributed by atoms with Gasteiger partial charge in [-0.2, -0.15) is 5.10 Å². The summed E-state index contributed by atoms with van der Waals surface area (Å²) >= 11 is 6.01. The van der Waals surface area contributed by atoms with Crippen LogP contribution in [0, 0.1) is 0 Å². The molecule has 3 rings (SSSR count). The SMILES string of the molecule is C[C@@H](Nc1cc(C(N)=O)n(C)n1)c1cc2cc(Cl)ccc2[nH]c1=O. The van der Waals surface area contributed by atoms with Crippen LogP contribution in [0.4, 0.5) is 5.82 Å². The lowest BCUT2D eigenvalue weighted by Crippen LogP contribution is -2.19. The second-order valence-corrected chi connectivity index (χ2v) is 5.99. The molecule has 3 aromatic rings. The van der Waals surface area contributed by atoms with Crippen LogP contribution in [0.25, 0.3) is 10.9 Å². The van der Waals surface area contributed by atoms with E-state index in [-0.39, 0.29) is 17.3 Å². The number of amides is 1. The van der Waals surface area contributed by atoms with Gasteiger partial charge in [-0.15, -0.1) is 0 Å². The van der Waals surface area contributed by atoms with E-state index >= 15 is 0 Å². The maximum atomic E-state index is 12.3. The van der Waals surface area contributed by atoms with Gasteiger partial charge >= 0.3 is 0 Å². The molecule has 24 heavy (non-hydrogen) atoms. The summed E-state index contributed by atoms with van der Waals surface area (Å²) in [5, 5.41) is 8.71. The van der Waals surface area contributed by atoms with Crippen molar-refractivity contribution < 1.29 is 4.79 Å². The lowest BCUT2D eigenvalue weighted by molar-refractivity contribution is 0.0991. The summed E-state index contributed by atoms with van der Waals surface area (Å²) in [5.41, 5.74) is 6.61. The van der Waals surface area contributed by atoms with Gasteiger partial charge in [-0.05, 0) is 31.2 Å². The first-order valence-corrected chi connectivity index (χ1v) is 7.66. The zero-order chi connectivity index (χ0) is 17.4. The first kappa shape index (κ1) is 16.1. The first-order chi connectivity index (χ1) is 11.3. The second kappa shape index (κ2) is 6.01. The Hall–Kier alpha value is -2.80. The van der Waals surface area contributed by atoms with Crippen LogP contribution in [0.2, 0.25) is 5.02 Å². The first-order valence-electron chi connectivity index (χ1n) is 7.28. The third-order valence-electron chi connectivity index (χ3n) is 3.80. The summed E-state index contributed by atoms with van der Waals surface area (Å²) < 4.78 is 1.39. The predicted molar refractivity (Wildman–Crippen MR) is 93.3 cm³/mol. The molecule has 0 fully saturated rings. The fourth-order valence-corrected chi connectivity index (χ4v) is 2.76. The highest BCUT2D eigenvalue weighted by atomic mass is 35.5. The Kier molecular flexibility index (Phi) is 4.02. The molecule has 0 unspecified atom stereocenters. The summed E-state index contributed by atoms with van der Waals surface area (Å²) in [6.45, 7) is 1.83. The van der Waals surface area contributed by atoms with Crippen LogP contribution in [0.3, 0.4) is 0 Å². The van der Waals surface area contributed by atoms with Crippen molar-refractivity contribution >= 4 is 34.2 Å². The van der Waals surface area contributed by atoms with E-state index in [4.69, 9.17) is 17.3 Å². The Balaban J connectivity index is 1.95. The van der Waals surface area contributed by atoms with Crippen LogP contribution >= 0.6 is 11.6 Å². The number of carbonyl (C=O) groups excluding carboxylic acids is 1. The molecule has 0 aliphatic carbocycles. The van der Waals surface area contributed by atoms with Gasteiger partial charge in [-0.3, -0.25) is 14.3 Å². The minimum Gasteiger partial charge on any atom is -0.364 e. The van der Waals surface area contributed by atoms with Crippen molar-refractivity contribution in [3.63, 3.8) is 0 Å². The molecular weight excluding hydrogens is 330 g/mol. The fraction of sp³-hybridized carbons (Fsp3) is 0.188. The van der Waals surface area contributed by atoms with Crippen molar-refractivity contribution in [1.29, 1.82) is 0 Å². The molecule has 0 aliphatic rings. The summed E-state index contributed by atoms with van der Waals surface area (Å²) in [6.07, 6.45) is 0. The number of anilines is 1. The fourth-order valence-electron chi connectivity index (χ4n) is 2.58. The maximum Gasteiger partial charge on any atom is 0.267 e. The van der Waals surface area contributed by atoms with Gasteiger partial charge < -0.3 is 16.0 Å². The molecule has 4 N–H and O–H groups in total. The number of carbonyl (C=O) groups is 1. The predicted octanol–water partition coefficient (Wildman–Crippen LogP) is 2.19. The maximum absolute atomic E-state index is 12.3. The molecule has 0 bridgehead atoms. The van der Waals surface area contributed by atoms with Crippen molar-refractivity contribution in [3.8, 4) is 0 Å².